The van der Waals surface area contributed by atoms with E-state index in [0.717, 1.165) is 31.0 Å². The van der Waals surface area contributed by atoms with Crippen LogP contribution in [-0.4, -0.2) is 36.0 Å². The van der Waals surface area contributed by atoms with Crippen LogP contribution < -0.4 is 10.2 Å². The number of nitrogens with one attached hydrogen (secondary N) is 1. The van der Waals surface area contributed by atoms with Gasteiger partial charge in [-0.3, -0.25) is 14.9 Å². The molecular formula is C21H20F3N3O5. The zero-order valence-electron chi connectivity index (χ0n) is 17.0. The number of carbonyl (C=O) groups is 2. The van der Waals surface area contributed by atoms with Crippen LogP contribution >= 0.6 is 0 Å². The molecule has 32 heavy (non-hydrogen) atoms. The van der Waals surface area contributed by atoms with Gasteiger partial charge in [0.05, 0.1) is 21.7 Å². The SMILES string of the molecule is CC(OC(=O)c1ccc(N2CCCC2)c([N+](=O)[O-])c1)C(=O)Nc1ccccc1C(F)(F)F. The summed E-state index contributed by atoms with van der Waals surface area (Å²) < 4.78 is 44.3. The fraction of sp³-hybridized carbons (Fsp3) is 0.333. The van der Waals surface area contributed by atoms with Gasteiger partial charge >= 0.3 is 12.1 Å². The van der Waals surface area contributed by atoms with Gasteiger partial charge < -0.3 is 15.0 Å². The first-order chi connectivity index (χ1) is 15.1. The third-order valence-corrected chi connectivity index (χ3v) is 5.00. The smallest absolute Gasteiger partial charge is 0.418 e. The third kappa shape index (κ3) is 5.16. The molecule has 2 aromatic rings. The highest BCUT2D eigenvalue weighted by molar-refractivity contribution is 5.98. The number of alkyl halides is 3. The van der Waals surface area contributed by atoms with Crippen LogP contribution in [0.4, 0.5) is 30.2 Å². The van der Waals surface area contributed by atoms with Crippen LogP contribution in [0.1, 0.15) is 35.7 Å². The molecule has 1 unspecified atom stereocenters. The molecule has 0 radical (unpaired) electrons. The highest BCUT2D eigenvalue weighted by Crippen LogP contribution is 2.35. The molecule has 0 aromatic heterocycles. The van der Waals surface area contributed by atoms with Crippen molar-refractivity contribution in [2.75, 3.05) is 23.3 Å². The number of benzene rings is 2. The van der Waals surface area contributed by atoms with Gasteiger partial charge in [-0.05, 0) is 44.0 Å². The average Bonchev–Trinajstić information content (AvgIpc) is 3.27. The molecular weight excluding hydrogens is 431 g/mol. The molecule has 2 aromatic carbocycles. The normalized spacial score (nSPS) is 14.7. The second kappa shape index (κ2) is 9.25. The van der Waals surface area contributed by atoms with Gasteiger partial charge in [0.25, 0.3) is 11.6 Å². The summed E-state index contributed by atoms with van der Waals surface area (Å²) in [6.07, 6.45) is -4.31. The Morgan fingerprint density at radius 1 is 1.16 bits per heavy atom. The maximum absolute atomic E-state index is 13.1. The Balaban J connectivity index is 1.72. The first kappa shape index (κ1) is 23.0. The minimum absolute atomic E-state index is 0.144. The summed E-state index contributed by atoms with van der Waals surface area (Å²) in [6.45, 7) is 2.53. The van der Waals surface area contributed by atoms with Gasteiger partial charge in [0.15, 0.2) is 6.10 Å². The Morgan fingerprint density at radius 3 is 2.44 bits per heavy atom. The van der Waals surface area contributed by atoms with Crippen LogP contribution in [0.15, 0.2) is 42.5 Å². The molecule has 1 atom stereocenters. The lowest BCUT2D eigenvalue weighted by atomic mass is 10.1. The number of nitro benzene ring substituents is 1. The van der Waals surface area contributed by atoms with E-state index in [9.17, 15) is 32.9 Å². The lowest BCUT2D eigenvalue weighted by Crippen LogP contribution is -2.30. The summed E-state index contributed by atoms with van der Waals surface area (Å²) in [5.41, 5.74) is -1.54. The fourth-order valence-electron chi connectivity index (χ4n) is 3.38. The van der Waals surface area contributed by atoms with Crippen molar-refractivity contribution in [3.05, 3.63) is 63.7 Å². The second-order valence-corrected chi connectivity index (χ2v) is 7.23. The largest absolute Gasteiger partial charge is 0.449 e. The third-order valence-electron chi connectivity index (χ3n) is 5.00. The van der Waals surface area contributed by atoms with Crippen molar-refractivity contribution in [3.8, 4) is 0 Å². The summed E-state index contributed by atoms with van der Waals surface area (Å²) in [6, 6.07) is 8.27. The molecule has 8 nitrogen and oxygen atoms in total. The van der Waals surface area contributed by atoms with Crippen LogP contribution in [0, 0.1) is 10.1 Å². The molecule has 1 saturated heterocycles. The summed E-state index contributed by atoms with van der Waals surface area (Å²) in [5, 5.41) is 13.6. The number of anilines is 2. The number of rotatable bonds is 6. The number of amides is 1. The van der Waals surface area contributed by atoms with E-state index in [1.54, 1.807) is 0 Å². The molecule has 11 heteroatoms. The number of hydrogen-bond acceptors (Lipinski definition) is 6. The number of carbonyl (C=O) groups excluding carboxylic acids is 2. The Bertz CT molecular complexity index is 1040. The molecule has 0 aliphatic carbocycles. The second-order valence-electron chi connectivity index (χ2n) is 7.23. The maximum Gasteiger partial charge on any atom is 0.418 e. The van der Waals surface area contributed by atoms with Gasteiger partial charge in [-0.1, -0.05) is 12.1 Å². The van der Waals surface area contributed by atoms with Gasteiger partial charge in [0, 0.05) is 19.2 Å². The Kier molecular flexibility index (Phi) is 6.66. The quantitative estimate of drug-likeness (QED) is 0.397. The van der Waals surface area contributed by atoms with Crippen LogP contribution in [0.2, 0.25) is 0 Å². The summed E-state index contributed by atoms with van der Waals surface area (Å²) in [7, 11) is 0. The molecule has 0 bridgehead atoms. The Morgan fingerprint density at radius 2 is 1.81 bits per heavy atom. The minimum Gasteiger partial charge on any atom is -0.449 e. The molecule has 1 heterocycles. The number of halogens is 3. The van der Waals surface area contributed by atoms with Gasteiger partial charge in [0.2, 0.25) is 0 Å². The van der Waals surface area contributed by atoms with E-state index in [1.165, 1.54) is 31.2 Å². The van der Waals surface area contributed by atoms with E-state index in [4.69, 9.17) is 4.74 Å². The van der Waals surface area contributed by atoms with Crippen LogP contribution in [0.25, 0.3) is 0 Å². The molecule has 1 aliphatic rings. The Labute approximate surface area is 181 Å². The number of nitrogens with zero attached hydrogens (tertiary/aromatic N) is 2. The number of nitro groups is 1. The average molecular weight is 451 g/mol. The molecule has 170 valence electrons. The first-order valence-electron chi connectivity index (χ1n) is 9.79. The van der Waals surface area contributed by atoms with E-state index >= 15 is 0 Å². The molecule has 1 N–H and O–H groups in total. The minimum atomic E-state index is -4.68. The van der Waals surface area contributed by atoms with E-state index in [0.29, 0.717) is 18.8 Å². The highest BCUT2D eigenvalue weighted by atomic mass is 19.4. The monoisotopic (exact) mass is 451 g/mol. The lowest BCUT2D eigenvalue weighted by Gasteiger charge is -2.18. The zero-order chi connectivity index (χ0) is 23.5. The van der Waals surface area contributed by atoms with Crippen molar-refractivity contribution < 1.29 is 32.4 Å². The molecule has 1 aliphatic heterocycles. The summed E-state index contributed by atoms with van der Waals surface area (Å²) in [5.74, 6) is -1.98. The molecule has 1 fully saturated rings. The van der Waals surface area contributed by atoms with Crippen molar-refractivity contribution >= 4 is 28.9 Å². The Hall–Kier alpha value is -3.63. The summed E-state index contributed by atoms with van der Waals surface area (Å²) in [4.78, 5) is 37.4. The van der Waals surface area contributed by atoms with Crippen molar-refractivity contribution in [1.82, 2.24) is 0 Å². The fourth-order valence-corrected chi connectivity index (χ4v) is 3.38. The van der Waals surface area contributed by atoms with Crippen molar-refractivity contribution in [3.63, 3.8) is 0 Å². The number of hydrogen-bond donors (Lipinski definition) is 1. The lowest BCUT2D eigenvalue weighted by molar-refractivity contribution is -0.384. The highest BCUT2D eigenvalue weighted by Gasteiger charge is 2.34. The van der Waals surface area contributed by atoms with E-state index in [2.05, 4.69) is 5.32 Å². The van der Waals surface area contributed by atoms with Crippen molar-refractivity contribution in [2.45, 2.75) is 32.0 Å². The molecule has 0 spiro atoms. The maximum atomic E-state index is 13.1. The molecule has 3 rings (SSSR count). The standard InChI is InChI=1S/C21H20F3N3O5/c1-13(19(28)25-16-7-3-2-6-15(16)21(22,23)24)32-20(29)14-8-9-17(18(12-14)27(30)31)26-10-4-5-11-26/h2-3,6-9,12-13H,4-5,10-11H2,1H3,(H,25,28). The van der Waals surface area contributed by atoms with Crippen LogP contribution in [0.3, 0.4) is 0 Å². The summed E-state index contributed by atoms with van der Waals surface area (Å²) >= 11 is 0. The topological polar surface area (TPSA) is 102 Å². The predicted octanol–water partition coefficient (Wildman–Crippen LogP) is 4.40. The van der Waals surface area contributed by atoms with Gasteiger partial charge in [-0.25, -0.2) is 4.79 Å². The van der Waals surface area contributed by atoms with E-state index in [1.807, 2.05) is 4.90 Å². The number of para-hydroxylation sites is 1. The predicted molar refractivity (Wildman–Crippen MR) is 109 cm³/mol. The van der Waals surface area contributed by atoms with E-state index < -0.39 is 40.3 Å². The number of esters is 1. The van der Waals surface area contributed by atoms with Gasteiger partial charge in [-0.15, -0.1) is 0 Å². The van der Waals surface area contributed by atoms with Gasteiger partial charge in [0.1, 0.15) is 5.69 Å². The van der Waals surface area contributed by atoms with Crippen LogP contribution in [-0.2, 0) is 15.7 Å². The first-order valence-corrected chi connectivity index (χ1v) is 9.79. The molecule has 0 saturated carbocycles. The van der Waals surface area contributed by atoms with Crippen LogP contribution in [0.5, 0.6) is 0 Å². The molecule has 1 amide bonds. The van der Waals surface area contributed by atoms with Crippen molar-refractivity contribution in [1.29, 1.82) is 0 Å². The van der Waals surface area contributed by atoms with E-state index in [-0.39, 0.29) is 11.3 Å². The number of ether oxygens (including phenoxy) is 1. The van der Waals surface area contributed by atoms with Gasteiger partial charge in [-0.2, -0.15) is 13.2 Å². The van der Waals surface area contributed by atoms with Crippen molar-refractivity contribution in [2.24, 2.45) is 0 Å². The zero-order valence-corrected chi connectivity index (χ0v) is 17.0.